The van der Waals surface area contributed by atoms with Crippen LogP contribution in [0.4, 0.5) is 13.2 Å². The number of aryl methyl sites for hydroxylation is 2. The fraction of sp³-hybridized carbons (Fsp3) is 0.217. The molecule has 0 radical (unpaired) electrons. The Labute approximate surface area is 190 Å². The first kappa shape index (κ1) is 22.7. The number of halogens is 3. The number of aromatic nitrogens is 3. The molecule has 1 N–H and O–H groups in total. The third kappa shape index (κ3) is 4.95. The fourth-order valence-corrected chi connectivity index (χ4v) is 4.41. The summed E-state index contributed by atoms with van der Waals surface area (Å²) in [6, 6.07) is 13.8. The predicted molar refractivity (Wildman–Crippen MR) is 120 cm³/mol. The molecule has 4 aromatic rings. The van der Waals surface area contributed by atoms with Gasteiger partial charge >= 0.3 is 6.18 Å². The Morgan fingerprint density at radius 1 is 1.12 bits per heavy atom. The number of carbonyl (C=O) groups excluding carboxylic acids is 1. The van der Waals surface area contributed by atoms with Crippen LogP contribution in [0.1, 0.15) is 33.2 Å². The largest absolute Gasteiger partial charge is 0.418 e. The van der Waals surface area contributed by atoms with Crippen LogP contribution in [0.3, 0.4) is 0 Å². The van der Waals surface area contributed by atoms with E-state index < -0.39 is 28.8 Å². The Morgan fingerprint density at radius 2 is 1.85 bits per heavy atom. The molecule has 0 aliphatic carbocycles. The second kappa shape index (κ2) is 9.14. The van der Waals surface area contributed by atoms with Crippen molar-refractivity contribution in [2.45, 2.75) is 25.9 Å². The molecule has 170 valence electrons. The highest BCUT2D eigenvalue weighted by atomic mass is 32.1. The zero-order chi connectivity index (χ0) is 23.6. The smallest absolute Gasteiger partial charge is 0.351 e. The van der Waals surface area contributed by atoms with Gasteiger partial charge in [-0.25, -0.2) is 9.67 Å². The third-order valence-corrected chi connectivity index (χ3v) is 6.05. The summed E-state index contributed by atoms with van der Waals surface area (Å²) in [6.45, 7) is 1.73. The minimum Gasteiger partial charge on any atom is -0.351 e. The van der Waals surface area contributed by atoms with E-state index in [2.05, 4.69) is 15.4 Å². The Morgan fingerprint density at radius 3 is 2.61 bits per heavy atom. The van der Waals surface area contributed by atoms with Crippen LogP contribution in [0.2, 0.25) is 0 Å². The molecule has 0 atom stereocenters. The van der Waals surface area contributed by atoms with E-state index in [0.29, 0.717) is 12.8 Å². The summed E-state index contributed by atoms with van der Waals surface area (Å²) < 4.78 is 42.3. The Kier molecular flexibility index (Phi) is 6.28. The lowest BCUT2D eigenvalue weighted by molar-refractivity contribution is -0.137. The first-order chi connectivity index (χ1) is 15.7. The molecule has 33 heavy (non-hydrogen) atoms. The van der Waals surface area contributed by atoms with Crippen molar-refractivity contribution in [1.82, 2.24) is 20.1 Å². The highest BCUT2D eigenvalue weighted by Crippen LogP contribution is 2.33. The summed E-state index contributed by atoms with van der Waals surface area (Å²) in [4.78, 5) is 29.4. The molecule has 0 aliphatic heterocycles. The number of amides is 1. The SMILES string of the molecule is Cc1cc(=O)c(C(=O)NCCCc2nc3ccccc3s2)nn1-c1ccccc1C(F)(F)F. The van der Waals surface area contributed by atoms with Crippen LogP contribution in [0, 0.1) is 6.92 Å². The van der Waals surface area contributed by atoms with Crippen LogP contribution in [-0.2, 0) is 12.6 Å². The number of para-hydroxylation sites is 2. The van der Waals surface area contributed by atoms with Crippen molar-refractivity contribution in [3.63, 3.8) is 0 Å². The maximum Gasteiger partial charge on any atom is 0.418 e. The third-order valence-electron chi connectivity index (χ3n) is 4.95. The van der Waals surface area contributed by atoms with E-state index >= 15 is 0 Å². The summed E-state index contributed by atoms with van der Waals surface area (Å²) in [5, 5.41) is 7.53. The van der Waals surface area contributed by atoms with Crippen molar-refractivity contribution in [1.29, 1.82) is 0 Å². The molecule has 4 rings (SSSR count). The van der Waals surface area contributed by atoms with Crippen LogP contribution in [0.25, 0.3) is 15.9 Å². The first-order valence-corrected chi connectivity index (χ1v) is 11.0. The van der Waals surface area contributed by atoms with Crippen LogP contribution in [0.15, 0.2) is 59.4 Å². The summed E-state index contributed by atoms with van der Waals surface area (Å²) in [5.41, 5.74) is -1.18. The van der Waals surface area contributed by atoms with Crippen LogP contribution >= 0.6 is 11.3 Å². The van der Waals surface area contributed by atoms with Crippen molar-refractivity contribution in [2.75, 3.05) is 6.54 Å². The lowest BCUT2D eigenvalue weighted by atomic mass is 10.1. The van der Waals surface area contributed by atoms with Gasteiger partial charge in [0, 0.05) is 24.7 Å². The molecule has 0 saturated carbocycles. The normalized spacial score (nSPS) is 11.6. The van der Waals surface area contributed by atoms with Gasteiger partial charge in [0.1, 0.15) is 0 Å². The standard InChI is InChI=1S/C23H19F3N4O2S/c1-14-13-18(31)21(29-30(14)17-9-4-2-7-15(17)23(24,25)26)22(32)27-12-6-11-20-28-16-8-3-5-10-19(16)33-20/h2-5,7-10,13H,6,11-12H2,1H3,(H,27,32). The van der Waals surface area contributed by atoms with E-state index in [-0.39, 0.29) is 17.9 Å². The number of hydrogen-bond donors (Lipinski definition) is 1. The minimum atomic E-state index is -4.61. The lowest BCUT2D eigenvalue weighted by Gasteiger charge is -2.16. The molecule has 0 saturated heterocycles. The van der Waals surface area contributed by atoms with Crippen molar-refractivity contribution >= 4 is 27.5 Å². The van der Waals surface area contributed by atoms with E-state index in [1.165, 1.54) is 25.1 Å². The Balaban J connectivity index is 1.49. The van der Waals surface area contributed by atoms with Crippen LogP contribution < -0.4 is 10.7 Å². The summed E-state index contributed by atoms with van der Waals surface area (Å²) in [6.07, 6.45) is -3.39. The van der Waals surface area contributed by atoms with Gasteiger partial charge in [-0.1, -0.05) is 24.3 Å². The van der Waals surface area contributed by atoms with Gasteiger partial charge in [0.2, 0.25) is 5.43 Å². The van der Waals surface area contributed by atoms with Crippen LogP contribution in [-0.4, -0.2) is 27.2 Å². The number of benzene rings is 2. The van der Waals surface area contributed by atoms with E-state index in [1.807, 2.05) is 24.3 Å². The molecule has 6 nitrogen and oxygen atoms in total. The summed E-state index contributed by atoms with van der Waals surface area (Å²) >= 11 is 1.58. The summed E-state index contributed by atoms with van der Waals surface area (Å²) in [7, 11) is 0. The molecule has 0 fully saturated rings. The molecule has 2 aromatic heterocycles. The highest BCUT2D eigenvalue weighted by molar-refractivity contribution is 7.18. The number of thiazole rings is 1. The monoisotopic (exact) mass is 472 g/mol. The van der Waals surface area contributed by atoms with Crippen molar-refractivity contribution in [3.05, 3.63) is 86.8 Å². The minimum absolute atomic E-state index is 0.184. The number of nitrogens with one attached hydrogen (secondary N) is 1. The average molecular weight is 472 g/mol. The molecule has 2 aromatic carbocycles. The second-order valence-corrected chi connectivity index (χ2v) is 8.48. The second-order valence-electron chi connectivity index (χ2n) is 7.36. The van der Waals surface area contributed by atoms with Gasteiger partial charge in [-0.3, -0.25) is 9.59 Å². The number of nitrogens with zero attached hydrogens (tertiary/aromatic N) is 3. The number of fused-ring (bicyclic) bond motifs is 1. The quantitative estimate of drug-likeness (QED) is 0.418. The predicted octanol–water partition coefficient (Wildman–Crippen LogP) is 4.53. The molecule has 0 unspecified atom stereocenters. The fourth-order valence-electron chi connectivity index (χ4n) is 3.40. The molecule has 10 heteroatoms. The van der Waals surface area contributed by atoms with Gasteiger partial charge in [-0.15, -0.1) is 11.3 Å². The first-order valence-electron chi connectivity index (χ1n) is 10.1. The molecular formula is C23H19F3N4O2S. The molecular weight excluding hydrogens is 453 g/mol. The van der Waals surface area contributed by atoms with Gasteiger partial charge < -0.3 is 5.32 Å². The van der Waals surface area contributed by atoms with Gasteiger partial charge in [0.15, 0.2) is 5.69 Å². The zero-order valence-electron chi connectivity index (χ0n) is 17.5. The van der Waals surface area contributed by atoms with E-state index in [0.717, 1.165) is 32.0 Å². The van der Waals surface area contributed by atoms with Crippen molar-refractivity contribution in [2.24, 2.45) is 0 Å². The summed E-state index contributed by atoms with van der Waals surface area (Å²) in [5.74, 6) is -0.734. The van der Waals surface area contributed by atoms with Crippen LogP contribution in [0.5, 0.6) is 0 Å². The zero-order valence-corrected chi connectivity index (χ0v) is 18.3. The van der Waals surface area contributed by atoms with Crippen molar-refractivity contribution in [3.8, 4) is 5.69 Å². The van der Waals surface area contributed by atoms with Crippen molar-refractivity contribution < 1.29 is 18.0 Å². The number of hydrogen-bond acceptors (Lipinski definition) is 5. The Bertz CT molecular complexity index is 1350. The van der Waals surface area contributed by atoms with Gasteiger partial charge in [-0.2, -0.15) is 18.3 Å². The number of alkyl halides is 3. The molecule has 0 spiro atoms. The maximum atomic E-state index is 13.4. The van der Waals surface area contributed by atoms with Gasteiger partial charge in [0.05, 0.1) is 26.5 Å². The van der Waals surface area contributed by atoms with Gasteiger partial charge in [-0.05, 0) is 37.6 Å². The van der Waals surface area contributed by atoms with E-state index in [9.17, 15) is 22.8 Å². The van der Waals surface area contributed by atoms with E-state index in [4.69, 9.17) is 0 Å². The maximum absolute atomic E-state index is 13.4. The molecule has 0 aliphatic rings. The Hall–Kier alpha value is -3.53. The topological polar surface area (TPSA) is 76.9 Å². The molecule has 1 amide bonds. The average Bonchev–Trinajstić information content (AvgIpc) is 3.19. The van der Waals surface area contributed by atoms with E-state index in [1.54, 1.807) is 11.3 Å². The number of carbonyl (C=O) groups is 1. The molecule has 2 heterocycles. The lowest BCUT2D eigenvalue weighted by Crippen LogP contribution is -2.33. The highest BCUT2D eigenvalue weighted by Gasteiger charge is 2.34. The number of rotatable bonds is 6. The van der Waals surface area contributed by atoms with Gasteiger partial charge in [0.25, 0.3) is 5.91 Å². The molecule has 0 bridgehead atoms.